The molecule has 0 bridgehead atoms. The van der Waals surface area contributed by atoms with Gasteiger partial charge in [0.15, 0.2) is 0 Å². The van der Waals surface area contributed by atoms with Crippen LogP contribution in [0, 0.1) is 17.0 Å². The first-order chi connectivity index (χ1) is 14.7. The Morgan fingerprint density at radius 2 is 2.03 bits per heavy atom. The smallest absolute Gasteiger partial charge is 0.294 e. The van der Waals surface area contributed by atoms with Crippen LogP contribution >= 0.6 is 23.4 Å². The SMILES string of the molecule is COc1ccc([N+](=O)[O-])cc1/C=C1/SC(=O)N(CC(=O)Nc2ccc(C)c(Cl)c2)C1=O. The molecule has 0 spiro atoms. The van der Waals surface area contributed by atoms with E-state index in [1.807, 2.05) is 6.92 Å². The second-order valence-electron chi connectivity index (χ2n) is 6.46. The Morgan fingerprint density at radius 3 is 2.68 bits per heavy atom. The quantitative estimate of drug-likeness (QED) is 0.388. The van der Waals surface area contributed by atoms with Gasteiger partial charge in [-0.05, 0) is 48.5 Å². The maximum atomic E-state index is 12.7. The number of carbonyl (C=O) groups excluding carboxylic acids is 3. The fourth-order valence-electron chi connectivity index (χ4n) is 2.74. The highest BCUT2D eigenvalue weighted by Gasteiger charge is 2.36. The van der Waals surface area contributed by atoms with Crippen LogP contribution in [0.2, 0.25) is 5.02 Å². The Bertz CT molecular complexity index is 1130. The molecule has 1 heterocycles. The van der Waals surface area contributed by atoms with Crippen LogP contribution in [0.5, 0.6) is 5.75 Å². The first-order valence-corrected chi connectivity index (χ1v) is 10.0. The van der Waals surface area contributed by atoms with Gasteiger partial charge in [0.1, 0.15) is 12.3 Å². The van der Waals surface area contributed by atoms with Crippen LogP contribution in [-0.2, 0) is 9.59 Å². The van der Waals surface area contributed by atoms with Crippen LogP contribution in [0.4, 0.5) is 16.2 Å². The minimum atomic E-state index is -0.680. The predicted molar refractivity (Wildman–Crippen MR) is 117 cm³/mol. The highest BCUT2D eigenvalue weighted by atomic mass is 35.5. The standard InChI is InChI=1S/C20H16ClN3O6S/c1-11-3-4-13(9-15(11)21)22-18(25)10-23-19(26)17(31-20(23)27)8-12-7-14(24(28)29)5-6-16(12)30-2/h3-9H,10H2,1-2H3,(H,22,25)/b17-8+. The number of aryl methyl sites for hydroxylation is 1. The minimum Gasteiger partial charge on any atom is -0.496 e. The van der Waals surface area contributed by atoms with Gasteiger partial charge < -0.3 is 10.1 Å². The summed E-state index contributed by atoms with van der Waals surface area (Å²) in [6.07, 6.45) is 1.33. The molecule has 1 aliphatic heterocycles. The summed E-state index contributed by atoms with van der Waals surface area (Å²) in [6.45, 7) is 1.33. The first kappa shape index (κ1) is 22.3. The van der Waals surface area contributed by atoms with Crippen molar-refractivity contribution in [3.63, 3.8) is 0 Å². The molecule has 2 aromatic carbocycles. The number of amides is 3. The molecular weight excluding hydrogens is 446 g/mol. The third-order valence-electron chi connectivity index (χ3n) is 4.34. The second-order valence-corrected chi connectivity index (χ2v) is 7.86. The minimum absolute atomic E-state index is 0.0231. The van der Waals surface area contributed by atoms with Gasteiger partial charge in [0, 0.05) is 28.4 Å². The van der Waals surface area contributed by atoms with Gasteiger partial charge in [-0.1, -0.05) is 17.7 Å². The monoisotopic (exact) mass is 461 g/mol. The molecule has 2 aromatic rings. The van der Waals surface area contributed by atoms with Gasteiger partial charge in [-0.15, -0.1) is 0 Å². The summed E-state index contributed by atoms with van der Waals surface area (Å²) in [5.74, 6) is -0.955. The van der Waals surface area contributed by atoms with E-state index in [0.717, 1.165) is 10.5 Å². The largest absolute Gasteiger partial charge is 0.496 e. The summed E-state index contributed by atoms with van der Waals surface area (Å²) < 4.78 is 5.17. The topological polar surface area (TPSA) is 119 Å². The van der Waals surface area contributed by atoms with Gasteiger partial charge in [0.25, 0.3) is 16.8 Å². The van der Waals surface area contributed by atoms with E-state index < -0.39 is 28.5 Å². The molecule has 1 saturated heterocycles. The van der Waals surface area contributed by atoms with Crippen molar-refractivity contribution in [1.29, 1.82) is 0 Å². The Kier molecular flexibility index (Phi) is 6.62. The molecule has 1 aliphatic rings. The van der Waals surface area contributed by atoms with E-state index in [1.54, 1.807) is 18.2 Å². The number of nitro benzene ring substituents is 1. The fraction of sp³-hybridized carbons (Fsp3) is 0.150. The highest BCUT2D eigenvalue weighted by molar-refractivity contribution is 8.18. The van der Waals surface area contributed by atoms with Crippen molar-refractivity contribution in [2.24, 2.45) is 0 Å². The van der Waals surface area contributed by atoms with Crippen molar-refractivity contribution < 1.29 is 24.0 Å². The van der Waals surface area contributed by atoms with Crippen LogP contribution in [0.1, 0.15) is 11.1 Å². The van der Waals surface area contributed by atoms with E-state index in [4.69, 9.17) is 16.3 Å². The Labute approximate surface area is 186 Å². The number of ether oxygens (including phenoxy) is 1. The number of halogens is 1. The Balaban J connectivity index is 1.77. The maximum Gasteiger partial charge on any atom is 0.294 e. The number of anilines is 1. The average Bonchev–Trinajstić information content (AvgIpc) is 2.98. The lowest BCUT2D eigenvalue weighted by Crippen LogP contribution is -2.36. The Hall–Kier alpha value is -3.37. The lowest BCUT2D eigenvalue weighted by molar-refractivity contribution is -0.384. The van der Waals surface area contributed by atoms with Crippen molar-refractivity contribution in [1.82, 2.24) is 4.90 Å². The number of rotatable bonds is 6. The number of methoxy groups -OCH3 is 1. The normalized spacial score (nSPS) is 14.8. The number of nitro groups is 1. The summed E-state index contributed by atoms with van der Waals surface area (Å²) in [6, 6.07) is 8.85. The molecule has 0 unspecified atom stereocenters. The van der Waals surface area contributed by atoms with E-state index >= 15 is 0 Å². The molecule has 1 fully saturated rings. The molecule has 1 N–H and O–H groups in total. The highest BCUT2D eigenvalue weighted by Crippen LogP contribution is 2.35. The third kappa shape index (κ3) is 5.04. The lowest BCUT2D eigenvalue weighted by Gasteiger charge is -2.13. The number of nitrogens with one attached hydrogen (secondary N) is 1. The van der Waals surface area contributed by atoms with Gasteiger partial charge in [0.05, 0.1) is 16.9 Å². The van der Waals surface area contributed by atoms with E-state index in [1.165, 1.54) is 31.4 Å². The third-order valence-corrected chi connectivity index (χ3v) is 5.66. The van der Waals surface area contributed by atoms with Crippen molar-refractivity contribution in [2.75, 3.05) is 19.0 Å². The molecule has 0 aromatic heterocycles. The molecule has 0 aliphatic carbocycles. The summed E-state index contributed by atoms with van der Waals surface area (Å²) >= 11 is 6.67. The number of hydrogen-bond donors (Lipinski definition) is 1. The number of imide groups is 1. The summed E-state index contributed by atoms with van der Waals surface area (Å²) in [7, 11) is 1.38. The molecule has 11 heteroatoms. The zero-order valence-corrected chi connectivity index (χ0v) is 18.0. The van der Waals surface area contributed by atoms with Crippen LogP contribution in [0.3, 0.4) is 0 Å². The molecule has 160 valence electrons. The predicted octanol–water partition coefficient (Wildman–Crippen LogP) is 4.24. The molecule has 3 rings (SSSR count). The molecular formula is C20H16ClN3O6S. The molecule has 9 nitrogen and oxygen atoms in total. The summed E-state index contributed by atoms with van der Waals surface area (Å²) in [5.41, 5.74) is 1.35. The van der Waals surface area contributed by atoms with Crippen LogP contribution < -0.4 is 10.1 Å². The molecule has 31 heavy (non-hydrogen) atoms. The molecule has 3 amide bonds. The van der Waals surface area contributed by atoms with Crippen molar-refractivity contribution >= 4 is 57.9 Å². The number of benzene rings is 2. The van der Waals surface area contributed by atoms with E-state index in [0.29, 0.717) is 28.2 Å². The second kappa shape index (κ2) is 9.19. The van der Waals surface area contributed by atoms with Crippen LogP contribution in [0.25, 0.3) is 6.08 Å². The summed E-state index contributed by atoms with van der Waals surface area (Å²) in [5, 5.41) is 13.5. The summed E-state index contributed by atoms with van der Waals surface area (Å²) in [4.78, 5) is 48.5. The first-order valence-electron chi connectivity index (χ1n) is 8.83. The molecule has 0 saturated carbocycles. The zero-order valence-electron chi connectivity index (χ0n) is 16.4. The number of carbonyl (C=O) groups is 3. The van der Waals surface area contributed by atoms with E-state index in [-0.39, 0.29) is 16.2 Å². The number of hydrogen-bond acceptors (Lipinski definition) is 7. The van der Waals surface area contributed by atoms with Crippen LogP contribution in [0.15, 0.2) is 41.3 Å². The molecule has 0 radical (unpaired) electrons. The average molecular weight is 462 g/mol. The van der Waals surface area contributed by atoms with E-state index in [2.05, 4.69) is 5.32 Å². The zero-order chi connectivity index (χ0) is 22.7. The number of nitrogens with zero attached hydrogens (tertiary/aromatic N) is 2. The Morgan fingerprint density at radius 1 is 1.29 bits per heavy atom. The van der Waals surface area contributed by atoms with Crippen molar-refractivity contribution in [3.05, 3.63) is 67.6 Å². The van der Waals surface area contributed by atoms with Crippen molar-refractivity contribution in [2.45, 2.75) is 6.92 Å². The van der Waals surface area contributed by atoms with Gasteiger partial charge in [-0.25, -0.2) is 0 Å². The fourth-order valence-corrected chi connectivity index (χ4v) is 3.75. The van der Waals surface area contributed by atoms with Gasteiger partial charge in [-0.3, -0.25) is 29.4 Å². The van der Waals surface area contributed by atoms with Crippen molar-refractivity contribution in [3.8, 4) is 5.75 Å². The van der Waals surface area contributed by atoms with Gasteiger partial charge >= 0.3 is 0 Å². The van der Waals surface area contributed by atoms with E-state index in [9.17, 15) is 24.5 Å². The maximum absolute atomic E-state index is 12.7. The van der Waals surface area contributed by atoms with Gasteiger partial charge in [0.2, 0.25) is 5.91 Å². The van der Waals surface area contributed by atoms with Crippen LogP contribution in [-0.4, -0.2) is 40.5 Å². The number of non-ortho nitro benzene ring substituents is 1. The molecule has 0 atom stereocenters. The van der Waals surface area contributed by atoms with Gasteiger partial charge in [-0.2, -0.15) is 0 Å². The number of thioether (sulfide) groups is 1. The lowest BCUT2D eigenvalue weighted by atomic mass is 10.1.